The Morgan fingerprint density at radius 1 is 0.736 bits per heavy atom. The average molecular weight is 778 g/mol. The quantitative estimate of drug-likeness (QED) is 0.0654. The minimum atomic E-state index is -0.559. The van der Waals surface area contributed by atoms with Crippen molar-refractivity contribution >= 4 is 58.7 Å². The van der Waals surface area contributed by atoms with Gasteiger partial charge in [-0.05, 0) is 49.9 Å². The Morgan fingerprint density at radius 3 is 1.77 bits per heavy atom. The van der Waals surface area contributed by atoms with Crippen LogP contribution in [-0.2, 0) is 6.42 Å². The molecule has 1 aliphatic carbocycles. The van der Waals surface area contributed by atoms with Crippen molar-refractivity contribution in [2.45, 2.75) is 26.7 Å². The molecule has 14 nitrogen and oxygen atoms in total. The van der Waals surface area contributed by atoms with Crippen LogP contribution in [0.5, 0.6) is 23.0 Å². The first-order valence-electron chi connectivity index (χ1n) is 16.9. The molecule has 0 bridgehead atoms. The number of anilines is 2. The van der Waals surface area contributed by atoms with Gasteiger partial charge in [-0.3, -0.25) is 14.4 Å². The number of aliphatic hydroxyl groups excluding tert-OH is 2. The van der Waals surface area contributed by atoms with E-state index in [1.54, 1.807) is 25.1 Å². The normalized spacial score (nSPS) is 14.2. The van der Waals surface area contributed by atoms with E-state index in [0.717, 1.165) is 6.42 Å². The van der Waals surface area contributed by atoms with Crippen molar-refractivity contribution in [3.63, 3.8) is 0 Å². The molecule has 0 amide bonds. The van der Waals surface area contributed by atoms with Gasteiger partial charge in [-0.1, -0.05) is 6.92 Å². The van der Waals surface area contributed by atoms with Crippen molar-refractivity contribution in [2.24, 2.45) is 5.92 Å². The zero-order valence-corrected chi connectivity index (χ0v) is 31.0. The molecule has 288 valence electrons. The molecule has 1 aromatic heterocycles. The summed E-state index contributed by atoms with van der Waals surface area (Å²) in [7, 11) is 0. The number of rotatable bonds is 12. The predicted octanol–water partition coefficient (Wildman–Crippen LogP) is 3.47. The summed E-state index contributed by atoms with van der Waals surface area (Å²) < 4.78 is 11.2. The van der Waals surface area contributed by atoms with E-state index in [9.17, 15) is 29.7 Å². The Balaban J connectivity index is 0.000000308. The number of phenols is 3. The molecule has 6 rings (SSSR count). The van der Waals surface area contributed by atoms with Crippen LogP contribution in [0.1, 0.15) is 56.5 Å². The number of aromatic hydroxyl groups is 3. The van der Waals surface area contributed by atoms with E-state index in [-0.39, 0.29) is 88.3 Å². The number of nitrogens with one attached hydrogen (secondary N) is 4. The minimum absolute atomic E-state index is 0. The molecule has 16 heteroatoms. The number of halogens is 2. The number of fused-ring (bicyclic) bond motifs is 4. The van der Waals surface area contributed by atoms with Gasteiger partial charge < -0.3 is 56.0 Å². The number of benzene rings is 3. The topological polar surface area (TPSA) is 223 Å². The molecule has 0 fully saturated rings. The van der Waals surface area contributed by atoms with E-state index in [1.807, 2.05) is 0 Å². The number of ether oxygens (including phenoxy) is 1. The monoisotopic (exact) mass is 776 g/mol. The smallest absolute Gasteiger partial charge is 0.200 e. The van der Waals surface area contributed by atoms with Gasteiger partial charge >= 0.3 is 0 Å². The number of aryl methyl sites for hydroxylation is 1. The van der Waals surface area contributed by atoms with Gasteiger partial charge in [0.25, 0.3) is 0 Å². The third-order valence-corrected chi connectivity index (χ3v) is 8.68. The highest BCUT2D eigenvalue weighted by Crippen LogP contribution is 2.42. The molecule has 0 spiro atoms. The van der Waals surface area contributed by atoms with Crippen molar-refractivity contribution in [1.29, 1.82) is 0 Å². The second-order valence-electron chi connectivity index (χ2n) is 12.5. The van der Waals surface area contributed by atoms with Crippen molar-refractivity contribution in [3.8, 4) is 23.0 Å². The number of ketones is 2. The lowest BCUT2D eigenvalue weighted by Gasteiger charge is -2.25. The third kappa shape index (κ3) is 9.51. The Morgan fingerprint density at radius 2 is 1.26 bits per heavy atom. The standard InChI is InChI=1S/C22H28N4O6.C15H16O4.2ClH/c27-11-9-23-5-7-25-13-1-2-14(26-8-6-24-10-12-28)18-17(13)21(31)19-15(29)3-4-16(30)20(19)22(18)32;1-8-3-4-10-12(18-7-8)6-13-14(15(10)17)11(16)5-9(2)19-13;;/h1-4,23-30H,5-12H2;5-6,8,17H,3-4,7H2,1-2H3;2*1H. The fourth-order valence-electron chi connectivity index (χ4n) is 6.16. The predicted molar refractivity (Wildman–Crippen MR) is 206 cm³/mol. The third-order valence-electron chi connectivity index (χ3n) is 8.68. The van der Waals surface area contributed by atoms with Gasteiger partial charge in [0.1, 0.15) is 39.7 Å². The van der Waals surface area contributed by atoms with Gasteiger partial charge in [-0.15, -0.1) is 24.8 Å². The van der Waals surface area contributed by atoms with Gasteiger partial charge in [-0.25, -0.2) is 0 Å². The molecule has 1 atom stereocenters. The molecule has 4 aromatic rings. The van der Waals surface area contributed by atoms with Crippen molar-refractivity contribution < 1.29 is 44.3 Å². The van der Waals surface area contributed by atoms with Gasteiger partial charge in [-0.2, -0.15) is 0 Å². The van der Waals surface area contributed by atoms with E-state index in [1.165, 1.54) is 18.2 Å². The maximum atomic E-state index is 13.4. The first-order chi connectivity index (χ1) is 24.6. The molecule has 1 aliphatic heterocycles. The summed E-state index contributed by atoms with van der Waals surface area (Å²) in [5.41, 5.74) is 1.57. The van der Waals surface area contributed by atoms with E-state index in [0.29, 0.717) is 92.2 Å². The molecule has 9 N–H and O–H groups in total. The van der Waals surface area contributed by atoms with Crippen LogP contribution in [0.3, 0.4) is 0 Å². The van der Waals surface area contributed by atoms with Crippen LogP contribution in [0.25, 0.3) is 11.0 Å². The SMILES string of the molecule is Cc1cc(=O)c2c(O)c3c(cc2o1)OCC(C)CC3.Cl.Cl.O=C1c2c(O)ccc(O)c2C(=O)c2c(NCCNCCO)ccc(NCCNCCO)c21. The lowest BCUT2D eigenvalue weighted by molar-refractivity contribution is 0.0975. The zero-order valence-electron chi connectivity index (χ0n) is 29.4. The van der Waals surface area contributed by atoms with Crippen LogP contribution in [0.15, 0.2) is 45.6 Å². The number of aliphatic hydroxyl groups is 2. The molecule has 53 heavy (non-hydrogen) atoms. The van der Waals surface area contributed by atoms with E-state index >= 15 is 0 Å². The van der Waals surface area contributed by atoms with Crippen LogP contribution >= 0.6 is 24.8 Å². The fraction of sp³-hybridized carbons (Fsp3) is 0.378. The van der Waals surface area contributed by atoms with Crippen LogP contribution < -0.4 is 31.4 Å². The summed E-state index contributed by atoms with van der Waals surface area (Å²) in [4.78, 5) is 38.7. The summed E-state index contributed by atoms with van der Waals surface area (Å²) >= 11 is 0. The Labute approximate surface area is 318 Å². The van der Waals surface area contributed by atoms with Crippen LogP contribution in [0.4, 0.5) is 11.4 Å². The molecular formula is C37H46Cl2N4O10. The molecule has 0 saturated carbocycles. The van der Waals surface area contributed by atoms with Crippen molar-refractivity contribution in [1.82, 2.24) is 10.6 Å². The summed E-state index contributed by atoms with van der Waals surface area (Å²) in [5.74, 6) is -0.266. The van der Waals surface area contributed by atoms with Crippen LogP contribution in [-0.4, -0.2) is 96.2 Å². The fourth-order valence-corrected chi connectivity index (χ4v) is 6.16. The Bertz CT molecular complexity index is 1910. The van der Waals surface area contributed by atoms with Gasteiger partial charge in [0.05, 0.1) is 42.1 Å². The van der Waals surface area contributed by atoms with Crippen molar-refractivity contribution in [3.05, 3.63) is 80.2 Å². The highest BCUT2D eigenvalue weighted by molar-refractivity contribution is 6.33. The van der Waals surface area contributed by atoms with Gasteiger partial charge in [0.15, 0.2) is 5.43 Å². The lowest BCUT2D eigenvalue weighted by Crippen LogP contribution is -2.28. The molecule has 0 radical (unpaired) electrons. The first kappa shape index (κ1) is 42.8. The van der Waals surface area contributed by atoms with E-state index < -0.39 is 11.6 Å². The summed E-state index contributed by atoms with van der Waals surface area (Å²) in [6.07, 6.45) is 1.65. The summed E-state index contributed by atoms with van der Waals surface area (Å²) in [5, 5.41) is 61.2. The molecule has 1 unspecified atom stereocenters. The largest absolute Gasteiger partial charge is 0.507 e. The summed E-state index contributed by atoms with van der Waals surface area (Å²) in [6, 6.07) is 8.86. The molecule has 2 heterocycles. The maximum Gasteiger partial charge on any atom is 0.200 e. The highest BCUT2D eigenvalue weighted by Gasteiger charge is 2.38. The number of carbonyl (C=O) groups excluding carboxylic acids is 2. The van der Waals surface area contributed by atoms with Gasteiger partial charge in [0, 0.05) is 68.3 Å². The number of hydrogen-bond acceptors (Lipinski definition) is 14. The zero-order chi connectivity index (χ0) is 36.7. The van der Waals surface area contributed by atoms with Crippen LogP contribution in [0, 0.1) is 12.8 Å². The van der Waals surface area contributed by atoms with Crippen LogP contribution in [0.2, 0.25) is 0 Å². The van der Waals surface area contributed by atoms with E-state index in [4.69, 9.17) is 19.4 Å². The maximum absolute atomic E-state index is 13.4. The second kappa shape index (κ2) is 19.5. The first-order valence-corrected chi connectivity index (χ1v) is 16.9. The van der Waals surface area contributed by atoms with Crippen molar-refractivity contribution in [2.75, 3.05) is 69.7 Å². The minimum Gasteiger partial charge on any atom is -0.507 e. The Hall–Kier alpha value is -4.57. The molecule has 2 aliphatic rings. The second-order valence-corrected chi connectivity index (χ2v) is 12.5. The highest BCUT2D eigenvalue weighted by atomic mass is 35.5. The number of phenolic OH excluding ortho intramolecular Hbond substituents is 3. The molecular weight excluding hydrogens is 731 g/mol. The average Bonchev–Trinajstić information content (AvgIpc) is 3.29. The summed E-state index contributed by atoms with van der Waals surface area (Å²) in [6.45, 7) is 7.25. The van der Waals surface area contributed by atoms with Gasteiger partial charge in [0.2, 0.25) is 11.6 Å². The molecule has 0 saturated heterocycles. The molecule has 3 aromatic carbocycles. The number of carbonyl (C=O) groups is 2. The van der Waals surface area contributed by atoms with E-state index in [2.05, 4.69) is 28.2 Å². The lowest BCUT2D eigenvalue weighted by atomic mass is 9.81. The number of hydrogen-bond donors (Lipinski definition) is 9. The Kier molecular flexibility index (Phi) is 15.8.